The van der Waals surface area contributed by atoms with E-state index >= 15 is 0 Å². The highest BCUT2D eigenvalue weighted by atomic mass is 16.6. The van der Waals surface area contributed by atoms with Crippen molar-refractivity contribution in [3.8, 4) is 0 Å². The van der Waals surface area contributed by atoms with Crippen LogP contribution in [0.25, 0.3) is 0 Å². The van der Waals surface area contributed by atoms with Crippen LogP contribution in [0.5, 0.6) is 0 Å². The molecule has 0 spiro atoms. The zero-order valence-electron chi connectivity index (χ0n) is 7.86. The summed E-state index contributed by atoms with van der Waals surface area (Å²) in [6.45, 7) is 3.19. The number of carbonyl (C=O) groups is 1. The monoisotopic (exact) mass is 188 g/mol. The molecule has 0 aromatic heterocycles. The first-order chi connectivity index (χ1) is 6.24. The summed E-state index contributed by atoms with van der Waals surface area (Å²) in [6, 6.07) is 0. The summed E-state index contributed by atoms with van der Waals surface area (Å²) in [4.78, 5) is 10.7. The molecule has 1 N–H and O–H groups in total. The lowest BCUT2D eigenvalue weighted by Crippen LogP contribution is -2.15. The summed E-state index contributed by atoms with van der Waals surface area (Å²) in [5, 5.41) is 9.04. The van der Waals surface area contributed by atoms with E-state index in [4.69, 9.17) is 14.6 Å². The van der Waals surface area contributed by atoms with Crippen molar-refractivity contribution in [1.29, 1.82) is 0 Å². The molecule has 13 heavy (non-hydrogen) atoms. The molecule has 1 rings (SSSR count). The number of esters is 1. The molecule has 1 fully saturated rings. The Bertz CT molecular complexity index is 169. The first-order valence-electron chi connectivity index (χ1n) is 4.70. The summed E-state index contributed by atoms with van der Waals surface area (Å²) in [5.74, 6) is -0.524. The van der Waals surface area contributed by atoms with E-state index in [2.05, 4.69) is 6.92 Å². The standard InChI is InChI=1S/C9H16O4/c1-2-3-4-12-6-7-5-8(10)9(11)13-7/h7-8,10H,2-6H2,1H3/t7-,8+/m0/s1. The molecule has 0 aromatic rings. The molecule has 0 amide bonds. The Balaban J connectivity index is 2.07. The third-order valence-electron chi connectivity index (χ3n) is 1.99. The first kappa shape index (κ1) is 10.5. The lowest BCUT2D eigenvalue weighted by atomic mass is 10.2. The lowest BCUT2D eigenvalue weighted by molar-refractivity contribution is -0.148. The highest BCUT2D eigenvalue weighted by Gasteiger charge is 2.32. The fourth-order valence-corrected chi connectivity index (χ4v) is 1.20. The van der Waals surface area contributed by atoms with E-state index in [-0.39, 0.29) is 6.10 Å². The third-order valence-corrected chi connectivity index (χ3v) is 1.99. The van der Waals surface area contributed by atoms with Crippen LogP contribution in [0.1, 0.15) is 26.2 Å². The zero-order chi connectivity index (χ0) is 9.68. The van der Waals surface area contributed by atoms with Crippen molar-refractivity contribution >= 4 is 5.97 Å². The van der Waals surface area contributed by atoms with Gasteiger partial charge in [-0.15, -0.1) is 0 Å². The quantitative estimate of drug-likeness (QED) is 0.503. The summed E-state index contributed by atoms with van der Waals surface area (Å²) in [6.07, 6.45) is 1.28. The molecule has 4 nitrogen and oxygen atoms in total. The molecule has 76 valence electrons. The van der Waals surface area contributed by atoms with Crippen LogP contribution < -0.4 is 0 Å². The second kappa shape index (κ2) is 5.19. The van der Waals surface area contributed by atoms with Gasteiger partial charge in [0.15, 0.2) is 6.10 Å². The topological polar surface area (TPSA) is 55.8 Å². The Labute approximate surface area is 77.8 Å². The fraction of sp³-hybridized carbons (Fsp3) is 0.889. The second-order valence-electron chi connectivity index (χ2n) is 3.24. The maximum absolute atomic E-state index is 10.7. The van der Waals surface area contributed by atoms with Crippen LogP contribution in [-0.4, -0.2) is 36.5 Å². The molecule has 1 aliphatic heterocycles. The first-order valence-corrected chi connectivity index (χ1v) is 4.70. The number of ether oxygens (including phenoxy) is 2. The predicted molar refractivity (Wildman–Crippen MR) is 46.2 cm³/mol. The lowest BCUT2D eigenvalue weighted by Gasteiger charge is -2.08. The van der Waals surface area contributed by atoms with Crippen molar-refractivity contribution in [3.05, 3.63) is 0 Å². The number of carbonyl (C=O) groups excluding carboxylic acids is 1. The van der Waals surface area contributed by atoms with Crippen molar-refractivity contribution in [2.24, 2.45) is 0 Å². The minimum Gasteiger partial charge on any atom is -0.458 e. The number of hydrogen-bond acceptors (Lipinski definition) is 4. The minimum atomic E-state index is -0.945. The van der Waals surface area contributed by atoms with E-state index < -0.39 is 12.1 Å². The summed E-state index contributed by atoms with van der Waals surface area (Å²) in [5.41, 5.74) is 0. The number of aliphatic hydroxyl groups excluding tert-OH is 1. The summed E-state index contributed by atoms with van der Waals surface area (Å²) in [7, 11) is 0. The Morgan fingerprint density at radius 3 is 3.00 bits per heavy atom. The van der Waals surface area contributed by atoms with Crippen molar-refractivity contribution in [2.45, 2.75) is 38.4 Å². The van der Waals surface area contributed by atoms with Gasteiger partial charge >= 0.3 is 5.97 Å². The van der Waals surface area contributed by atoms with Crippen LogP contribution in [0.4, 0.5) is 0 Å². The van der Waals surface area contributed by atoms with E-state index in [0.717, 1.165) is 12.8 Å². The number of cyclic esters (lactones) is 1. The van der Waals surface area contributed by atoms with Gasteiger partial charge in [-0.3, -0.25) is 0 Å². The van der Waals surface area contributed by atoms with E-state index in [1.807, 2.05) is 0 Å². The number of aliphatic hydroxyl groups is 1. The normalized spacial score (nSPS) is 27.7. The highest BCUT2D eigenvalue weighted by molar-refractivity contribution is 5.76. The van der Waals surface area contributed by atoms with Gasteiger partial charge in [-0.25, -0.2) is 4.79 Å². The predicted octanol–water partition coefficient (Wildman–Crippen LogP) is 0.480. The van der Waals surface area contributed by atoms with Crippen LogP contribution in [0.15, 0.2) is 0 Å². The Morgan fingerprint density at radius 1 is 1.69 bits per heavy atom. The minimum absolute atomic E-state index is 0.251. The third kappa shape index (κ3) is 3.32. The molecular weight excluding hydrogens is 172 g/mol. The van der Waals surface area contributed by atoms with Crippen molar-refractivity contribution in [2.75, 3.05) is 13.2 Å². The van der Waals surface area contributed by atoms with E-state index in [1.54, 1.807) is 0 Å². The van der Waals surface area contributed by atoms with E-state index in [0.29, 0.717) is 19.6 Å². The Morgan fingerprint density at radius 2 is 2.46 bits per heavy atom. The molecule has 1 saturated heterocycles. The molecule has 0 saturated carbocycles. The number of hydrogen-bond donors (Lipinski definition) is 1. The van der Waals surface area contributed by atoms with Crippen LogP contribution in [0.2, 0.25) is 0 Å². The maximum Gasteiger partial charge on any atom is 0.335 e. The molecule has 1 aliphatic rings. The largest absolute Gasteiger partial charge is 0.458 e. The van der Waals surface area contributed by atoms with Gasteiger partial charge in [0.2, 0.25) is 0 Å². The van der Waals surface area contributed by atoms with Gasteiger partial charge in [-0.1, -0.05) is 13.3 Å². The van der Waals surface area contributed by atoms with Gasteiger partial charge in [0.1, 0.15) is 6.10 Å². The molecular formula is C9H16O4. The van der Waals surface area contributed by atoms with Crippen molar-refractivity contribution < 1.29 is 19.4 Å². The Hall–Kier alpha value is -0.610. The SMILES string of the molecule is CCCCOC[C@@H]1C[C@@H](O)C(=O)O1. The zero-order valence-corrected chi connectivity index (χ0v) is 7.86. The second-order valence-corrected chi connectivity index (χ2v) is 3.24. The van der Waals surface area contributed by atoms with E-state index in [1.165, 1.54) is 0 Å². The van der Waals surface area contributed by atoms with Crippen LogP contribution in [0, 0.1) is 0 Å². The molecule has 1 heterocycles. The van der Waals surface area contributed by atoms with Gasteiger partial charge in [0.05, 0.1) is 6.61 Å². The van der Waals surface area contributed by atoms with Gasteiger partial charge < -0.3 is 14.6 Å². The summed E-state index contributed by atoms with van der Waals surface area (Å²) >= 11 is 0. The Kier molecular flexibility index (Phi) is 4.18. The molecule has 2 atom stereocenters. The molecule has 0 aromatic carbocycles. The molecule has 0 bridgehead atoms. The van der Waals surface area contributed by atoms with Crippen LogP contribution in [0.3, 0.4) is 0 Å². The molecule has 0 aliphatic carbocycles. The molecule has 0 radical (unpaired) electrons. The van der Waals surface area contributed by atoms with E-state index in [9.17, 15) is 4.79 Å². The van der Waals surface area contributed by atoms with Gasteiger partial charge in [-0.2, -0.15) is 0 Å². The molecule has 0 unspecified atom stereocenters. The van der Waals surface area contributed by atoms with Gasteiger partial charge in [0.25, 0.3) is 0 Å². The smallest absolute Gasteiger partial charge is 0.335 e. The highest BCUT2D eigenvalue weighted by Crippen LogP contribution is 2.14. The fourth-order valence-electron chi connectivity index (χ4n) is 1.20. The van der Waals surface area contributed by atoms with Crippen LogP contribution in [-0.2, 0) is 14.3 Å². The maximum atomic E-state index is 10.7. The molecule has 4 heteroatoms. The van der Waals surface area contributed by atoms with Crippen molar-refractivity contribution in [1.82, 2.24) is 0 Å². The van der Waals surface area contributed by atoms with Crippen molar-refractivity contribution in [3.63, 3.8) is 0 Å². The van der Waals surface area contributed by atoms with Crippen LogP contribution >= 0.6 is 0 Å². The number of rotatable bonds is 5. The summed E-state index contributed by atoms with van der Waals surface area (Å²) < 4.78 is 10.1. The average molecular weight is 188 g/mol. The van der Waals surface area contributed by atoms with Gasteiger partial charge in [0, 0.05) is 13.0 Å². The average Bonchev–Trinajstić information content (AvgIpc) is 2.41. The van der Waals surface area contributed by atoms with Gasteiger partial charge in [-0.05, 0) is 6.42 Å². The number of unbranched alkanes of at least 4 members (excludes halogenated alkanes) is 1.